The molecule has 4 rings (SSSR count). The fraction of sp³-hybridized carbons (Fsp3) is 0.429. The number of rotatable bonds is 10. The van der Waals surface area contributed by atoms with Crippen molar-refractivity contribution in [2.24, 2.45) is 0 Å². The number of nitrogens with one attached hydrogen (secondary N) is 1. The van der Waals surface area contributed by atoms with Crippen LogP contribution in [0.1, 0.15) is 55.5 Å². The lowest BCUT2D eigenvalue weighted by Crippen LogP contribution is -2.42. The standard InChI is InChI=1S/C22H26N4O4S.C6H8O7/c1-3-17-13-22(28)26-20(23-17)14-19(24-26)16-8-10-25(11-9-16)21(27)12-15-4-6-18(7-5-15)31(2,29)30;7-3(8)1-6(13,5(11)12)2-4(9)10/h4-7,13-14,16,24H,3,8-12H2,1-2H3;13H,1-2H2,(H,7,8)(H,9,10)(H,11,12). The predicted molar refractivity (Wildman–Crippen MR) is 154 cm³/mol. The van der Waals surface area contributed by atoms with Gasteiger partial charge < -0.3 is 25.3 Å². The molecule has 0 unspecified atom stereocenters. The van der Waals surface area contributed by atoms with Crippen molar-refractivity contribution in [1.29, 1.82) is 0 Å². The van der Waals surface area contributed by atoms with E-state index in [1.807, 2.05) is 17.9 Å². The van der Waals surface area contributed by atoms with Gasteiger partial charge in [0.2, 0.25) is 5.91 Å². The van der Waals surface area contributed by atoms with E-state index in [1.54, 1.807) is 30.3 Å². The zero-order valence-electron chi connectivity index (χ0n) is 24.1. The van der Waals surface area contributed by atoms with Gasteiger partial charge in [-0.1, -0.05) is 19.1 Å². The van der Waals surface area contributed by atoms with E-state index in [9.17, 15) is 32.4 Å². The van der Waals surface area contributed by atoms with E-state index in [0.717, 1.165) is 29.8 Å². The highest BCUT2D eigenvalue weighted by Gasteiger charge is 2.40. The summed E-state index contributed by atoms with van der Waals surface area (Å²) in [7, 11) is -3.24. The number of carbonyl (C=O) groups is 4. The number of aliphatic hydroxyl groups is 1. The van der Waals surface area contributed by atoms with Crippen molar-refractivity contribution in [2.45, 2.75) is 61.9 Å². The lowest BCUT2D eigenvalue weighted by Gasteiger charge is -2.31. The number of aromatic nitrogens is 3. The van der Waals surface area contributed by atoms with Gasteiger partial charge in [0.25, 0.3) is 5.56 Å². The topological polar surface area (TPSA) is 237 Å². The lowest BCUT2D eigenvalue weighted by molar-refractivity contribution is -0.170. The number of hydrogen-bond donors (Lipinski definition) is 5. The Labute approximate surface area is 251 Å². The quantitative estimate of drug-likeness (QED) is 0.207. The smallest absolute Gasteiger partial charge is 0.336 e. The number of aryl methyl sites for hydroxylation is 1. The van der Waals surface area contributed by atoms with Gasteiger partial charge in [-0.2, -0.15) is 0 Å². The van der Waals surface area contributed by atoms with Crippen LogP contribution in [0.25, 0.3) is 5.65 Å². The molecule has 3 heterocycles. The first-order valence-electron chi connectivity index (χ1n) is 13.6. The summed E-state index contributed by atoms with van der Waals surface area (Å²) in [5, 5.41) is 37.0. The Hall–Kier alpha value is -4.57. The van der Waals surface area contributed by atoms with Crippen molar-refractivity contribution in [3.8, 4) is 0 Å². The van der Waals surface area contributed by atoms with E-state index in [1.165, 1.54) is 10.8 Å². The van der Waals surface area contributed by atoms with Crippen molar-refractivity contribution in [2.75, 3.05) is 19.3 Å². The molecule has 1 fully saturated rings. The number of carboxylic acids is 3. The van der Waals surface area contributed by atoms with Crippen molar-refractivity contribution in [1.82, 2.24) is 19.5 Å². The number of benzene rings is 1. The molecule has 1 saturated heterocycles. The van der Waals surface area contributed by atoms with Gasteiger partial charge >= 0.3 is 17.9 Å². The molecule has 3 aromatic rings. The molecule has 0 radical (unpaired) electrons. The molecule has 1 aliphatic heterocycles. The molecule has 0 bridgehead atoms. The molecular formula is C28H34N4O11S. The number of H-pyrrole nitrogens is 1. The number of amides is 1. The molecule has 2 aromatic heterocycles. The minimum Gasteiger partial charge on any atom is -0.481 e. The molecular weight excluding hydrogens is 600 g/mol. The molecule has 0 aliphatic carbocycles. The van der Waals surface area contributed by atoms with E-state index in [2.05, 4.69) is 10.1 Å². The number of carboxylic acid groups (broad SMARTS) is 3. The van der Waals surface area contributed by atoms with Gasteiger partial charge in [-0.25, -0.2) is 22.7 Å². The Morgan fingerprint density at radius 2 is 1.57 bits per heavy atom. The second-order valence-electron chi connectivity index (χ2n) is 10.6. The molecule has 0 saturated carbocycles. The van der Waals surface area contributed by atoms with Gasteiger partial charge in [0, 0.05) is 48.8 Å². The summed E-state index contributed by atoms with van der Waals surface area (Å²) in [6, 6.07) is 9.96. The van der Waals surface area contributed by atoms with Crippen LogP contribution >= 0.6 is 0 Å². The number of hydrogen-bond acceptors (Lipinski definition) is 9. The normalized spacial score (nSPS) is 14.1. The molecule has 1 aliphatic rings. The fourth-order valence-corrected chi connectivity index (χ4v) is 5.37. The fourth-order valence-electron chi connectivity index (χ4n) is 4.74. The molecule has 1 aromatic carbocycles. The van der Waals surface area contributed by atoms with Crippen molar-refractivity contribution >= 4 is 39.3 Å². The molecule has 44 heavy (non-hydrogen) atoms. The first kappa shape index (κ1) is 33.9. The third-order valence-corrected chi connectivity index (χ3v) is 8.29. The highest BCUT2D eigenvalue weighted by molar-refractivity contribution is 7.90. The Balaban J connectivity index is 0.000000345. The van der Waals surface area contributed by atoms with Crippen LogP contribution in [-0.2, 0) is 41.9 Å². The van der Waals surface area contributed by atoms with Crippen LogP contribution in [0.5, 0.6) is 0 Å². The molecule has 15 nitrogen and oxygen atoms in total. The summed E-state index contributed by atoms with van der Waals surface area (Å²) < 4.78 is 24.6. The summed E-state index contributed by atoms with van der Waals surface area (Å²) >= 11 is 0. The van der Waals surface area contributed by atoms with Gasteiger partial charge in [0.1, 0.15) is 0 Å². The number of piperidine rings is 1. The second-order valence-corrected chi connectivity index (χ2v) is 12.6. The van der Waals surface area contributed by atoms with Crippen LogP contribution in [0.2, 0.25) is 0 Å². The first-order valence-corrected chi connectivity index (χ1v) is 15.5. The summed E-state index contributed by atoms with van der Waals surface area (Å²) in [5.41, 5.74) is 0.338. The molecule has 1 amide bonds. The van der Waals surface area contributed by atoms with E-state index in [-0.39, 0.29) is 28.7 Å². The average molecular weight is 635 g/mol. The van der Waals surface area contributed by atoms with Crippen molar-refractivity contribution < 1.29 is 48.0 Å². The Morgan fingerprint density at radius 3 is 2.05 bits per heavy atom. The third kappa shape index (κ3) is 8.73. The summed E-state index contributed by atoms with van der Waals surface area (Å²) in [4.78, 5) is 62.0. The van der Waals surface area contributed by atoms with E-state index < -0.39 is 46.2 Å². The average Bonchev–Trinajstić information content (AvgIpc) is 3.37. The largest absolute Gasteiger partial charge is 0.481 e. The number of likely N-dealkylation sites (tertiary alicyclic amines) is 1. The summed E-state index contributed by atoms with van der Waals surface area (Å²) in [6.07, 6.45) is 1.45. The minimum absolute atomic E-state index is 0.0349. The predicted octanol–water partition coefficient (Wildman–Crippen LogP) is 0.689. The maximum atomic E-state index is 12.7. The maximum Gasteiger partial charge on any atom is 0.336 e. The Bertz CT molecular complexity index is 1690. The van der Waals surface area contributed by atoms with Crippen molar-refractivity contribution in [3.05, 3.63) is 63.7 Å². The van der Waals surface area contributed by atoms with Gasteiger partial charge in [-0.05, 0) is 37.0 Å². The van der Waals surface area contributed by atoms with Gasteiger partial charge in [-0.3, -0.25) is 24.3 Å². The zero-order valence-corrected chi connectivity index (χ0v) is 24.9. The zero-order chi connectivity index (χ0) is 32.8. The summed E-state index contributed by atoms with van der Waals surface area (Å²) in [6.45, 7) is 3.25. The van der Waals surface area contributed by atoms with Crippen LogP contribution in [0.3, 0.4) is 0 Å². The second kappa shape index (κ2) is 13.8. The third-order valence-electron chi connectivity index (χ3n) is 7.17. The number of aliphatic carboxylic acids is 3. The van der Waals surface area contributed by atoms with Crippen LogP contribution < -0.4 is 5.56 Å². The van der Waals surface area contributed by atoms with Gasteiger partial charge in [0.15, 0.2) is 21.1 Å². The molecule has 0 atom stereocenters. The van der Waals surface area contributed by atoms with Gasteiger partial charge in [-0.15, -0.1) is 0 Å². The highest BCUT2D eigenvalue weighted by atomic mass is 32.2. The van der Waals surface area contributed by atoms with E-state index in [4.69, 9.17) is 20.4 Å². The van der Waals surface area contributed by atoms with Gasteiger partial charge in [0.05, 0.1) is 24.2 Å². The van der Waals surface area contributed by atoms with Crippen molar-refractivity contribution in [3.63, 3.8) is 0 Å². The molecule has 0 spiro atoms. The van der Waals surface area contributed by atoms with E-state index in [0.29, 0.717) is 25.2 Å². The molecule has 16 heteroatoms. The van der Waals surface area contributed by atoms with E-state index >= 15 is 0 Å². The Kier molecular flexibility index (Phi) is 10.7. The molecule has 5 N–H and O–H groups in total. The number of aromatic amines is 1. The maximum absolute atomic E-state index is 12.7. The highest BCUT2D eigenvalue weighted by Crippen LogP contribution is 2.28. The molecule has 238 valence electrons. The van der Waals surface area contributed by atoms with Crippen LogP contribution in [0.15, 0.2) is 46.1 Å². The minimum atomic E-state index is -3.24. The van der Waals surface area contributed by atoms with Crippen LogP contribution in [-0.4, -0.2) is 97.1 Å². The SMILES string of the molecule is CCc1cc(=O)n2[nH]c(C3CCN(C(=O)Cc4ccc(S(C)(=O)=O)cc4)CC3)cc2n1.O=C(O)CC(O)(CC(=O)O)C(=O)O. The number of fused-ring (bicyclic) bond motifs is 1. The number of carbonyl (C=O) groups excluding carboxylic acids is 1. The van der Waals surface area contributed by atoms with Crippen LogP contribution in [0, 0.1) is 0 Å². The number of sulfone groups is 1. The Morgan fingerprint density at radius 1 is 1.00 bits per heavy atom. The van der Waals surface area contributed by atoms with Crippen LogP contribution in [0.4, 0.5) is 0 Å². The monoisotopic (exact) mass is 634 g/mol. The summed E-state index contributed by atoms with van der Waals surface area (Å²) in [5.74, 6) is -4.74. The number of nitrogens with zero attached hydrogens (tertiary/aromatic N) is 3. The lowest BCUT2D eigenvalue weighted by atomic mass is 9.93. The first-order chi connectivity index (χ1) is 20.5.